The van der Waals surface area contributed by atoms with Crippen LogP contribution in [0.25, 0.3) is 6.08 Å². The summed E-state index contributed by atoms with van der Waals surface area (Å²) in [6, 6.07) is 9.34. The van der Waals surface area contributed by atoms with Crippen LogP contribution in [0.5, 0.6) is 11.5 Å². The van der Waals surface area contributed by atoms with Gasteiger partial charge in [0, 0.05) is 17.2 Å². The Balaban J connectivity index is 2.14. The van der Waals surface area contributed by atoms with E-state index >= 15 is 0 Å². The van der Waals surface area contributed by atoms with Crippen LogP contribution in [0.2, 0.25) is 0 Å². The molecule has 0 spiro atoms. The minimum absolute atomic E-state index is 0.177. The van der Waals surface area contributed by atoms with Crippen LogP contribution in [-0.4, -0.2) is 19.5 Å². The number of methoxy groups -OCH3 is 1. The number of rotatable bonds is 7. The number of halogens is 3. The molecule has 0 aliphatic heterocycles. The van der Waals surface area contributed by atoms with Crippen molar-refractivity contribution in [2.75, 3.05) is 13.7 Å². The maximum Gasteiger partial charge on any atom is 0.416 e. The van der Waals surface area contributed by atoms with Gasteiger partial charge in [0.1, 0.15) is 11.5 Å². The van der Waals surface area contributed by atoms with E-state index in [0.29, 0.717) is 23.7 Å². The van der Waals surface area contributed by atoms with Gasteiger partial charge in [-0.1, -0.05) is 19.1 Å². The van der Waals surface area contributed by atoms with E-state index in [1.165, 1.54) is 13.2 Å². The fraction of sp³-hybridized carbons (Fsp3) is 0.250. The standard InChI is InChI=1S/C20H19F3O3/c1-3-12-26-17-10-6-15(19(13-17)25-2)7-11-18(24)14-4-8-16(9-5-14)20(21,22)23/h4-11,13H,3,12H2,1-2H3/b11-7+. The normalized spacial score (nSPS) is 11.6. The molecule has 0 unspecified atom stereocenters. The molecule has 0 aliphatic rings. The lowest BCUT2D eigenvalue weighted by Gasteiger charge is -2.09. The molecule has 2 aromatic rings. The average Bonchev–Trinajstić information content (AvgIpc) is 2.64. The van der Waals surface area contributed by atoms with Crippen LogP contribution in [0.4, 0.5) is 13.2 Å². The zero-order valence-electron chi connectivity index (χ0n) is 14.5. The Morgan fingerprint density at radius 1 is 1.12 bits per heavy atom. The van der Waals surface area contributed by atoms with Crippen molar-refractivity contribution in [3.05, 3.63) is 65.2 Å². The van der Waals surface area contributed by atoms with Crippen LogP contribution >= 0.6 is 0 Å². The van der Waals surface area contributed by atoms with E-state index in [-0.39, 0.29) is 5.56 Å². The van der Waals surface area contributed by atoms with E-state index in [0.717, 1.165) is 30.7 Å². The molecular weight excluding hydrogens is 345 g/mol. The van der Waals surface area contributed by atoms with Crippen molar-refractivity contribution < 1.29 is 27.4 Å². The van der Waals surface area contributed by atoms with Crippen molar-refractivity contribution in [1.29, 1.82) is 0 Å². The SMILES string of the molecule is CCCOc1ccc(/C=C/C(=O)c2ccc(C(F)(F)F)cc2)c(OC)c1. The zero-order chi connectivity index (χ0) is 19.2. The Bertz CT molecular complexity index is 778. The minimum Gasteiger partial charge on any atom is -0.496 e. The number of hydrogen-bond acceptors (Lipinski definition) is 3. The molecule has 2 rings (SSSR count). The van der Waals surface area contributed by atoms with Crippen molar-refractivity contribution in [3.63, 3.8) is 0 Å². The number of hydrogen-bond donors (Lipinski definition) is 0. The third-order valence-corrected chi connectivity index (χ3v) is 3.59. The topological polar surface area (TPSA) is 35.5 Å². The lowest BCUT2D eigenvalue weighted by Crippen LogP contribution is -2.05. The van der Waals surface area contributed by atoms with Crippen molar-refractivity contribution >= 4 is 11.9 Å². The Morgan fingerprint density at radius 3 is 2.38 bits per heavy atom. The Labute approximate surface area is 150 Å². The van der Waals surface area contributed by atoms with E-state index in [4.69, 9.17) is 9.47 Å². The average molecular weight is 364 g/mol. The molecule has 6 heteroatoms. The number of alkyl halides is 3. The summed E-state index contributed by atoms with van der Waals surface area (Å²) in [5.74, 6) is 0.803. The van der Waals surface area contributed by atoms with E-state index in [1.54, 1.807) is 24.3 Å². The summed E-state index contributed by atoms with van der Waals surface area (Å²) in [7, 11) is 1.51. The van der Waals surface area contributed by atoms with Gasteiger partial charge in [0.2, 0.25) is 0 Å². The van der Waals surface area contributed by atoms with Gasteiger partial charge in [-0.15, -0.1) is 0 Å². The van der Waals surface area contributed by atoms with Gasteiger partial charge in [0.05, 0.1) is 19.3 Å². The van der Waals surface area contributed by atoms with Crippen LogP contribution in [-0.2, 0) is 6.18 Å². The molecule has 0 saturated carbocycles. The van der Waals surface area contributed by atoms with Gasteiger partial charge in [-0.05, 0) is 42.8 Å². The molecule has 0 N–H and O–H groups in total. The zero-order valence-corrected chi connectivity index (χ0v) is 14.5. The quantitative estimate of drug-likeness (QED) is 0.487. The number of ketones is 1. The second kappa shape index (κ2) is 8.56. The highest BCUT2D eigenvalue weighted by atomic mass is 19.4. The molecule has 2 aromatic carbocycles. The maximum atomic E-state index is 12.6. The number of ether oxygens (including phenoxy) is 2. The maximum absolute atomic E-state index is 12.6. The van der Waals surface area contributed by atoms with Crippen LogP contribution in [0.3, 0.4) is 0 Å². The fourth-order valence-electron chi connectivity index (χ4n) is 2.22. The van der Waals surface area contributed by atoms with Gasteiger partial charge >= 0.3 is 6.18 Å². The van der Waals surface area contributed by atoms with Gasteiger partial charge in [-0.3, -0.25) is 4.79 Å². The monoisotopic (exact) mass is 364 g/mol. The first-order chi connectivity index (χ1) is 12.3. The Hall–Kier alpha value is -2.76. The molecule has 0 fully saturated rings. The van der Waals surface area contributed by atoms with Crippen molar-refractivity contribution in [2.24, 2.45) is 0 Å². The largest absolute Gasteiger partial charge is 0.496 e. The summed E-state index contributed by atoms with van der Waals surface area (Å²) in [6.07, 6.45) is -0.687. The van der Waals surface area contributed by atoms with Crippen LogP contribution in [0.1, 0.15) is 34.8 Å². The van der Waals surface area contributed by atoms with Gasteiger partial charge in [0.15, 0.2) is 5.78 Å². The summed E-state index contributed by atoms with van der Waals surface area (Å²) in [5, 5.41) is 0. The van der Waals surface area contributed by atoms with Crippen LogP contribution in [0.15, 0.2) is 48.5 Å². The molecule has 26 heavy (non-hydrogen) atoms. The fourth-order valence-corrected chi connectivity index (χ4v) is 2.22. The number of carbonyl (C=O) groups excluding carboxylic acids is 1. The van der Waals surface area contributed by atoms with E-state index in [2.05, 4.69) is 0 Å². The third kappa shape index (κ3) is 5.12. The molecular formula is C20H19F3O3. The molecule has 3 nitrogen and oxygen atoms in total. The highest BCUT2D eigenvalue weighted by Gasteiger charge is 2.30. The van der Waals surface area contributed by atoms with Crippen molar-refractivity contribution in [2.45, 2.75) is 19.5 Å². The van der Waals surface area contributed by atoms with Crippen molar-refractivity contribution in [3.8, 4) is 11.5 Å². The lowest BCUT2D eigenvalue weighted by molar-refractivity contribution is -0.137. The summed E-state index contributed by atoms with van der Waals surface area (Å²) in [5.41, 5.74) is 0.0510. The second-order valence-electron chi connectivity index (χ2n) is 5.52. The molecule has 0 aliphatic carbocycles. The van der Waals surface area contributed by atoms with Crippen molar-refractivity contribution in [1.82, 2.24) is 0 Å². The number of benzene rings is 2. The molecule has 0 saturated heterocycles. The predicted octanol–water partition coefficient (Wildman–Crippen LogP) is 5.40. The molecule has 138 valence electrons. The highest BCUT2D eigenvalue weighted by Crippen LogP contribution is 2.29. The van der Waals surface area contributed by atoms with Gasteiger partial charge < -0.3 is 9.47 Å². The molecule has 0 heterocycles. The first kappa shape index (κ1) is 19.6. The first-order valence-corrected chi connectivity index (χ1v) is 8.05. The Kier molecular flexibility index (Phi) is 6.44. The molecule has 0 bridgehead atoms. The van der Waals surface area contributed by atoms with Gasteiger partial charge in [-0.2, -0.15) is 13.2 Å². The summed E-state index contributed by atoms with van der Waals surface area (Å²) >= 11 is 0. The smallest absolute Gasteiger partial charge is 0.416 e. The third-order valence-electron chi connectivity index (χ3n) is 3.59. The summed E-state index contributed by atoms with van der Waals surface area (Å²) in [6.45, 7) is 2.59. The molecule has 0 radical (unpaired) electrons. The van der Waals surface area contributed by atoms with E-state index in [1.807, 2.05) is 6.92 Å². The van der Waals surface area contributed by atoms with Crippen LogP contribution in [0, 0.1) is 0 Å². The predicted molar refractivity (Wildman–Crippen MR) is 93.6 cm³/mol. The van der Waals surface area contributed by atoms with Crippen LogP contribution < -0.4 is 9.47 Å². The van der Waals surface area contributed by atoms with Gasteiger partial charge in [-0.25, -0.2) is 0 Å². The molecule has 0 atom stereocenters. The second-order valence-corrected chi connectivity index (χ2v) is 5.52. The van der Waals surface area contributed by atoms with E-state index in [9.17, 15) is 18.0 Å². The number of allylic oxidation sites excluding steroid dienone is 1. The van der Waals surface area contributed by atoms with Gasteiger partial charge in [0.25, 0.3) is 0 Å². The molecule has 0 amide bonds. The minimum atomic E-state index is -4.42. The lowest BCUT2D eigenvalue weighted by atomic mass is 10.1. The Morgan fingerprint density at radius 2 is 1.81 bits per heavy atom. The first-order valence-electron chi connectivity index (χ1n) is 8.05. The molecule has 0 aromatic heterocycles. The van der Waals surface area contributed by atoms with E-state index < -0.39 is 17.5 Å². The number of carbonyl (C=O) groups is 1. The summed E-state index contributed by atoms with van der Waals surface area (Å²) < 4.78 is 48.5. The summed E-state index contributed by atoms with van der Waals surface area (Å²) in [4.78, 5) is 12.2. The highest BCUT2D eigenvalue weighted by molar-refractivity contribution is 6.07.